The molecule has 1 aromatic heterocycles. The zero-order valence-electron chi connectivity index (χ0n) is 19.4. The summed E-state index contributed by atoms with van der Waals surface area (Å²) in [5.74, 6) is 1.35. The fourth-order valence-corrected chi connectivity index (χ4v) is 4.16. The Morgan fingerprint density at radius 2 is 1.74 bits per heavy atom. The number of hydrogen-bond acceptors (Lipinski definition) is 7. The summed E-state index contributed by atoms with van der Waals surface area (Å²) in [4.78, 5) is 13.8. The monoisotopic (exact) mass is 459 g/mol. The summed E-state index contributed by atoms with van der Waals surface area (Å²) in [5, 5.41) is 9.90. The second-order valence-electron chi connectivity index (χ2n) is 7.84. The fraction of sp³-hybridized carbons (Fsp3) is 0.231. The fourth-order valence-electron chi connectivity index (χ4n) is 4.16. The van der Waals surface area contributed by atoms with Crippen LogP contribution in [0.15, 0.2) is 64.8 Å². The highest BCUT2D eigenvalue weighted by molar-refractivity contribution is 5.57. The largest absolute Gasteiger partial charge is 0.497 e. The minimum absolute atomic E-state index is 0.0264. The first-order chi connectivity index (χ1) is 16.4. The molecule has 0 radical (unpaired) electrons. The topological polar surface area (TPSA) is 109 Å². The van der Waals surface area contributed by atoms with Crippen LogP contribution in [0, 0.1) is 18.3 Å². The van der Waals surface area contributed by atoms with Crippen molar-refractivity contribution in [1.82, 2.24) is 4.57 Å². The maximum absolute atomic E-state index is 13.8. The van der Waals surface area contributed by atoms with E-state index >= 15 is 0 Å². The number of fused-ring (bicyclic) bond motifs is 1. The molecule has 0 unspecified atom stereocenters. The molecule has 8 nitrogen and oxygen atoms in total. The van der Waals surface area contributed by atoms with E-state index in [1.807, 2.05) is 31.2 Å². The Balaban J connectivity index is 1.89. The Bertz CT molecular complexity index is 1370. The van der Waals surface area contributed by atoms with E-state index in [1.165, 1.54) is 7.11 Å². The van der Waals surface area contributed by atoms with E-state index in [4.69, 9.17) is 24.7 Å². The molecular formula is C26H25N3O5. The number of nitriles is 1. The highest BCUT2D eigenvalue weighted by Crippen LogP contribution is 2.42. The SMILES string of the molecule is COc1ccc(Cn2c(C)cc3c(c2=O)[C@@H](c2ccc(OC)c(OC)c2)C(C#N)=C(N)O3)cc1. The molecule has 0 amide bonds. The van der Waals surface area contributed by atoms with E-state index in [0.717, 1.165) is 11.3 Å². The van der Waals surface area contributed by atoms with Gasteiger partial charge in [-0.15, -0.1) is 0 Å². The molecule has 0 saturated heterocycles. The summed E-state index contributed by atoms with van der Waals surface area (Å²) in [7, 11) is 4.67. The van der Waals surface area contributed by atoms with Crippen molar-refractivity contribution in [2.75, 3.05) is 21.3 Å². The van der Waals surface area contributed by atoms with Crippen molar-refractivity contribution >= 4 is 0 Å². The quantitative estimate of drug-likeness (QED) is 0.601. The molecule has 2 aromatic carbocycles. The van der Waals surface area contributed by atoms with Gasteiger partial charge in [0.25, 0.3) is 5.56 Å². The van der Waals surface area contributed by atoms with Crippen molar-refractivity contribution in [1.29, 1.82) is 5.26 Å². The molecule has 3 aromatic rings. The number of methoxy groups -OCH3 is 3. The number of ether oxygens (including phenoxy) is 4. The van der Waals surface area contributed by atoms with Crippen molar-refractivity contribution in [3.8, 4) is 29.1 Å². The van der Waals surface area contributed by atoms with E-state index in [0.29, 0.717) is 40.6 Å². The molecule has 4 rings (SSSR count). The number of benzene rings is 2. The minimum Gasteiger partial charge on any atom is -0.497 e. The first-order valence-corrected chi connectivity index (χ1v) is 10.6. The number of allylic oxidation sites excluding steroid dienone is 1. The van der Waals surface area contributed by atoms with Gasteiger partial charge in [-0.25, -0.2) is 0 Å². The molecule has 0 aliphatic carbocycles. The van der Waals surface area contributed by atoms with Crippen LogP contribution >= 0.6 is 0 Å². The Labute approximate surface area is 197 Å². The number of nitrogens with zero attached hydrogens (tertiary/aromatic N) is 2. The predicted octanol–water partition coefficient (Wildman–Crippen LogP) is 3.45. The van der Waals surface area contributed by atoms with Crippen LogP contribution in [0.2, 0.25) is 0 Å². The Hall–Kier alpha value is -4.38. The molecule has 8 heteroatoms. The van der Waals surface area contributed by atoms with Crippen molar-refractivity contribution in [3.63, 3.8) is 0 Å². The lowest BCUT2D eigenvalue weighted by Crippen LogP contribution is -2.33. The van der Waals surface area contributed by atoms with Gasteiger partial charge >= 0.3 is 0 Å². The molecule has 0 saturated carbocycles. The molecule has 34 heavy (non-hydrogen) atoms. The Morgan fingerprint density at radius 1 is 1.03 bits per heavy atom. The summed E-state index contributed by atoms with van der Waals surface area (Å²) < 4.78 is 23.4. The molecule has 0 fully saturated rings. The summed E-state index contributed by atoms with van der Waals surface area (Å²) in [5.41, 5.74) is 8.66. The van der Waals surface area contributed by atoms with E-state index < -0.39 is 5.92 Å². The average Bonchev–Trinajstić information content (AvgIpc) is 2.85. The molecule has 1 aliphatic rings. The zero-order valence-corrected chi connectivity index (χ0v) is 19.4. The van der Waals surface area contributed by atoms with Crippen molar-refractivity contribution in [2.45, 2.75) is 19.4 Å². The van der Waals surface area contributed by atoms with Gasteiger partial charge in [0.05, 0.1) is 39.4 Å². The van der Waals surface area contributed by atoms with Gasteiger partial charge in [-0.3, -0.25) is 4.79 Å². The third kappa shape index (κ3) is 3.92. The summed E-state index contributed by atoms with van der Waals surface area (Å²) in [6, 6.07) is 16.7. The van der Waals surface area contributed by atoms with Crippen LogP contribution in [-0.4, -0.2) is 25.9 Å². The zero-order chi connectivity index (χ0) is 24.4. The lowest BCUT2D eigenvalue weighted by Gasteiger charge is -2.27. The van der Waals surface area contributed by atoms with Crippen LogP contribution in [0.4, 0.5) is 0 Å². The number of aryl methyl sites for hydroxylation is 1. The molecule has 2 heterocycles. The number of rotatable bonds is 6. The van der Waals surface area contributed by atoms with E-state index in [-0.39, 0.29) is 17.0 Å². The van der Waals surface area contributed by atoms with Gasteiger partial charge in [0.2, 0.25) is 5.88 Å². The Kier molecular flexibility index (Phi) is 6.19. The van der Waals surface area contributed by atoms with Crippen LogP contribution in [0.3, 0.4) is 0 Å². The molecule has 174 valence electrons. The van der Waals surface area contributed by atoms with Crippen molar-refractivity contribution in [3.05, 3.63) is 92.7 Å². The first kappa shape index (κ1) is 22.8. The van der Waals surface area contributed by atoms with Gasteiger partial charge in [0.1, 0.15) is 23.1 Å². The molecule has 0 spiro atoms. The number of nitrogens with two attached hydrogens (primary N) is 1. The normalized spacial score (nSPS) is 14.6. The average molecular weight is 460 g/mol. The minimum atomic E-state index is -0.719. The van der Waals surface area contributed by atoms with E-state index in [2.05, 4.69) is 6.07 Å². The lowest BCUT2D eigenvalue weighted by molar-refractivity contribution is 0.354. The van der Waals surface area contributed by atoms with Crippen molar-refractivity contribution in [2.24, 2.45) is 5.73 Å². The second-order valence-corrected chi connectivity index (χ2v) is 7.84. The Morgan fingerprint density at radius 3 is 2.35 bits per heavy atom. The van der Waals surface area contributed by atoms with Gasteiger partial charge in [0, 0.05) is 11.8 Å². The van der Waals surface area contributed by atoms with Crippen LogP contribution in [0.25, 0.3) is 0 Å². The molecule has 0 bridgehead atoms. The van der Waals surface area contributed by atoms with Gasteiger partial charge < -0.3 is 29.2 Å². The maximum atomic E-state index is 13.8. The van der Waals surface area contributed by atoms with Crippen LogP contribution in [0.1, 0.15) is 28.3 Å². The van der Waals surface area contributed by atoms with E-state index in [1.54, 1.807) is 43.1 Å². The maximum Gasteiger partial charge on any atom is 0.259 e. The smallest absolute Gasteiger partial charge is 0.259 e. The van der Waals surface area contributed by atoms with Crippen LogP contribution < -0.4 is 30.2 Å². The van der Waals surface area contributed by atoms with Gasteiger partial charge in [-0.1, -0.05) is 18.2 Å². The van der Waals surface area contributed by atoms with E-state index in [9.17, 15) is 10.1 Å². The second kappa shape index (κ2) is 9.24. The molecule has 2 N–H and O–H groups in total. The van der Waals surface area contributed by atoms with Gasteiger partial charge in [-0.05, 0) is 42.3 Å². The number of hydrogen-bond donors (Lipinski definition) is 1. The van der Waals surface area contributed by atoms with Crippen LogP contribution in [-0.2, 0) is 6.54 Å². The van der Waals surface area contributed by atoms with Crippen LogP contribution in [0.5, 0.6) is 23.0 Å². The molecule has 1 atom stereocenters. The third-order valence-electron chi connectivity index (χ3n) is 5.93. The highest BCUT2D eigenvalue weighted by atomic mass is 16.5. The van der Waals surface area contributed by atoms with Gasteiger partial charge in [-0.2, -0.15) is 5.26 Å². The third-order valence-corrected chi connectivity index (χ3v) is 5.93. The number of aromatic nitrogens is 1. The standard InChI is InChI=1S/C26H25N3O5/c1-15-11-22-24(26(30)29(15)14-16-5-8-18(31-2)9-6-16)23(19(13-27)25(28)34-22)17-7-10-20(32-3)21(12-17)33-4/h5-12,23H,14,28H2,1-4H3/t23-/m0/s1. The first-order valence-electron chi connectivity index (χ1n) is 10.6. The summed E-state index contributed by atoms with van der Waals surface area (Å²) in [6.45, 7) is 2.18. The van der Waals surface area contributed by atoms with Gasteiger partial charge in [0.15, 0.2) is 11.5 Å². The highest BCUT2D eigenvalue weighted by Gasteiger charge is 2.34. The number of pyridine rings is 1. The lowest BCUT2D eigenvalue weighted by atomic mass is 9.84. The van der Waals surface area contributed by atoms with Crippen molar-refractivity contribution < 1.29 is 18.9 Å². The predicted molar refractivity (Wildman–Crippen MR) is 126 cm³/mol. The molecule has 1 aliphatic heterocycles. The summed E-state index contributed by atoms with van der Waals surface area (Å²) in [6.07, 6.45) is 0. The molecular weight excluding hydrogens is 434 g/mol. The summed E-state index contributed by atoms with van der Waals surface area (Å²) >= 11 is 0.